The van der Waals surface area contributed by atoms with Crippen molar-refractivity contribution in [2.24, 2.45) is 0 Å². The Morgan fingerprint density at radius 3 is 1.96 bits per heavy atom. The van der Waals surface area contributed by atoms with Gasteiger partial charge in [0.2, 0.25) is 5.91 Å². The highest BCUT2D eigenvalue weighted by Gasteiger charge is 2.33. The zero-order valence-corrected chi connectivity index (χ0v) is 26.8. The number of nitrogens with zero attached hydrogens (tertiary/aromatic N) is 1. The van der Waals surface area contributed by atoms with E-state index in [-0.39, 0.29) is 24.7 Å². The molecule has 1 fully saturated rings. The van der Waals surface area contributed by atoms with E-state index in [2.05, 4.69) is 113 Å². The largest absolute Gasteiger partial charge is 0.392 e. The summed E-state index contributed by atoms with van der Waals surface area (Å²) in [5, 5.41) is 12.5. The molecule has 1 heterocycles. The third-order valence-corrected chi connectivity index (χ3v) is 8.54. The Balaban J connectivity index is 1.28. The minimum atomic E-state index is -0.561. The predicted molar refractivity (Wildman–Crippen MR) is 185 cm³/mol. The Kier molecular flexibility index (Phi) is 10.9. The molecule has 6 rings (SSSR count). The van der Waals surface area contributed by atoms with E-state index in [9.17, 15) is 9.90 Å². The topological polar surface area (TPSA) is 71.0 Å². The van der Waals surface area contributed by atoms with Crippen LogP contribution < -0.4 is 5.32 Å². The summed E-state index contributed by atoms with van der Waals surface area (Å²) in [5.41, 5.74) is 8.58. The number of ether oxygens (including phenoxy) is 2. The monoisotopic (exact) mass is 626 g/mol. The lowest BCUT2D eigenvalue weighted by molar-refractivity contribution is -0.253. The molecule has 2 N–H and O–H groups in total. The molecule has 0 spiro atoms. The standard InChI is InChI=1S/C41H42N2O4/c1-30(45)42-25-34-14-8-15-36(22-34)37-16-9-17-38(23-37)41-46-39(24-40(47-41)35-20-18-33(29-44)19-21-35)28-43(26-31-10-4-2-5-11-31)27-32-12-6-3-7-13-32/h2-23,39-41,44H,24-29H2,1H3,(H,42,45)/t39-,40+,41+/m1/s1. The average molecular weight is 627 g/mol. The third-order valence-electron chi connectivity index (χ3n) is 8.54. The van der Waals surface area contributed by atoms with E-state index in [0.717, 1.165) is 53.0 Å². The Labute approximate surface area is 277 Å². The van der Waals surface area contributed by atoms with E-state index in [1.165, 1.54) is 18.1 Å². The molecule has 1 aliphatic heterocycles. The van der Waals surface area contributed by atoms with Gasteiger partial charge in [-0.3, -0.25) is 9.69 Å². The van der Waals surface area contributed by atoms with Crippen LogP contribution in [0.25, 0.3) is 11.1 Å². The van der Waals surface area contributed by atoms with Gasteiger partial charge in [-0.1, -0.05) is 121 Å². The molecule has 0 bridgehead atoms. The second-order valence-electron chi connectivity index (χ2n) is 12.2. The first-order valence-electron chi connectivity index (χ1n) is 16.3. The molecule has 1 amide bonds. The fourth-order valence-electron chi connectivity index (χ4n) is 6.14. The van der Waals surface area contributed by atoms with Crippen molar-refractivity contribution in [3.8, 4) is 11.1 Å². The fourth-order valence-corrected chi connectivity index (χ4v) is 6.14. The Bertz CT molecular complexity index is 1680. The van der Waals surface area contributed by atoms with Crippen molar-refractivity contribution in [1.29, 1.82) is 0 Å². The number of carbonyl (C=O) groups is 1. The summed E-state index contributed by atoms with van der Waals surface area (Å²) in [4.78, 5) is 13.9. The van der Waals surface area contributed by atoms with Gasteiger partial charge in [0.25, 0.3) is 0 Å². The van der Waals surface area contributed by atoms with Crippen molar-refractivity contribution in [2.45, 2.75) is 58.1 Å². The Morgan fingerprint density at radius 2 is 1.32 bits per heavy atom. The first-order valence-corrected chi connectivity index (χ1v) is 16.3. The number of rotatable bonds is 12. The highest BCUT2D eigenvalue weighted by molar-refractivity contribution is 5.73. The van der Waals surface area contributed by atoms with Crippen molar-refractivity contribution in [3.63, 3.8) is 0 Å². The molecule has 0 saturated carbocycles. The number of aliphatic hydroxyl groups is 1. The minimum absolute atomic E-state index is 0.00685. The van der Waals surface area contributed by atoms with Crippen LogP contribution in [0.2, 0.25) is 0 Å². The molecule has 0 aliphatic carbocycles. The molecular weight excluding hydrogens is 584 g/mol. The summed E-state index contributed by atoms with van der Waals surface area (Å²) in [7, 11) is 0. The number of nitrogens with one attached hydrogen (secondary N) is 1. The molecule has 5 aromatic rings. The van der Waals surface area contributed by atoms with Crippen molar-refractivity contribution in [3.05, 3.63) is 167 Å². The lowest BCUT2D eigenvalue weighted by atomic mass is 9.98. The molecule has 47 heavy (non-hydrogen) atoms. The van der Waals surface area contributed by atoms with Crippen molar-refractivity contribution < 1.29 is 19.4 Å². The predicted octanol–water partition coefficient (Wildman–Crippen LogP) is 7.73. The summed E-state index contributed by atoms with van der Waals surface area (Å²) in [6, 6.07) is 45.8. The molecular formula is C41H42N2O4. The number of benzene rings is 5. The molecule has 240 valence electrons. The van der Waals surface area contributed by atoms with Gasteiger partial charge in [-0.2, -0.15) is 0 Å². The van der Waals surface area contributed by atoms with Crippen LogP contribution in [0.5, 0.6) is 0 Å². The second-order valence-corrected chi connectivity index (χ2v) is 12.2. The maximum absolute atomic E-state index is 11.5. The van der Waals surface area contributed by atoms with E-state index < -0.39 is 6.29 Å². The van der Waals surface area contributed by atoms with Crippen molar-refractivity contribution in [2.75, 3.05) is 6.54 Å². The Hall–Kier alpha value is -4.59. The average Bonchev–Trinajstić information content (AvgIpc) is 3.11. The van der Waals surface area contributed by atoms with Gasteiger partial charge < -0.3 is 19.9 Å². The highest BCUT2D eigenvalue weighted by atomic mass is 16.7. The van der Waals surface area contributed by atoms with E-state index in [0.29, 0.717) is 13.0 Å². The molecule has 6 nitrogen and oxygen atoms in total. The zero-order chi connectivity index (χ0) is 32.4. The fraction of sp³-hybridized carbons (Fsp3) is 0.244. The number of hydrogen-bond acceptors (Lipinski definition) is 5. The van der Waals surface area contributed by atoms with Crippen LogP contribution in [-0.2, 0) is 40.5 Å². The van der Waals surface area contributed by atoms with Gasteiger partial charge in [-0.25, -0.2) is 0 Å². The van der Waals surface area contributed by atoms with Crippen LogP contribution in [0.1, 0.15) is 59.1 Å². The maximum Gasteiger partial charge on any atom is 0.217 e. The van der Waals surface area contributed by atoms with Gasteiger partial charge in [0, 0.05) is 45.1 Å². The van der Waals surface area contributed by atoms with Crippen LogP contribution >= 0.6 is 0 Å². The van der Waals surface area contributed by atoms with Crippen LogP contribution in [0.3, 0.4) is 0 Å². The Morgan fingerprint density at radius 1 is 0.702 bits per heavy atom. The van der Waals surface area contributed by atoms with Crippen molar-refractivity contribution >= 4 is 5.91 Å². The summed E-state index contributed by atoms with van der Waals surface area (Å²) in [6.07, 6.45) is -0.117. The first kappa shape index (κ1) is 32.4. The molecule has 6 heteroatoms. The van der Waals surface area contributed by atoms with Crippen LogP contribution in [-0.4, -0.2) is 28.6 Å². The van der Waals surface area contributed by atoms with Gasteiger partial charge in [-0.05, 0) is 51.1 Å². The zero-order valence-electron chi connectivity index (χ0n) is 26.8. The molecule has 0 unspecified atom stereocenters. The van der Waals surface area contributed by atoms with Gasteiger partial charge in [0.15, 0.2) is 6.29 Å². The molecule has 3 atom stereocenters. The SMILES string of the molecule is CC(=O)NCc1cccc(-c2cccc([C@H]3O[C@@H](CN(Cc4ccccc4)Cc4ccccc4)C[C@@H](c4ccc(CO)cc4)O3)c2)c1. The van der Waals surface area contributed by atoms with E-state index >= 15 is 0 Å². The van der Waals surface area contributed by atoms with Gasteiger partial charge in [0.1, 0.15) is 0 Å². The van der Waals surface area contributed by atoms with Crippen LogP contribution in [0.4, 0.5) is 0 Å². The van der Waals surface area contributed by atoms with Gasteiger partial charge >= 0.3 is 0 Å². The van der Waals surface area contributed by atoms with Crippen molar-refractivity contribution in [1.82, 2.24) is 10.2 Å². The second kappa shape index (κ2) is 15.8. The number of aliphatic hydroxyl groups excluding tert-OH is 1. The summed E-state index contributed by atoms with van der Waals surface area (Å²) in [5.74, 6) is -0.0507. The minimum Gasteiger partial charge on any atom is -0.392 e. The molecule has 1 aliphatic rings. The lowest BCUT2D eigenvalue weighted by Crippen LogP contribution is -2.39. The van der Waals surface area contributed by atoms with E-state index in [4.69, 9.17) is 9.47 Å². The number of carbonyl (C=O) groups excluding carboxylic acids is 1. The molecule has 0 radical (unpaired) electrons. The van der Waals surface area contributed by atoms with Gasteiger partial charge in [0.05, 0.1) is 18.8 Å². The molecule has 5 aromatic carbocycles. The molecule has 0 aromatic heterocycles. The maximum atomic E-state index is 11.5. The highest BCUT2D eigenvalue weighted by Crippen LogP contribution is 2.39. The van der Waals surface area contributed by atoms with Gasteiger partial charge in [-0.15, -0.1) is 0 Å². The van der Waals surface area contributed by atoms with E-state index in [1.54, 1.807) is 0 Å². The third kappa shape index (κ3) is 9.03. The normalized spacial score (nSPS) is 17.8. The summed E-state index contributed by atoms with van der Waals surface area (Å²) < 4.78 is 13.5. The molecule has 1 saturated heterocycles. The van der Waals surface area contributed by atoms with Crippen LogP contribution in [0.15, 0.2) is 133 Å². The van der Waals surface area contributed by atoms with Crippen LogP contribution in [0, 0.1) is 0 Å². The lowest BCUT2D eigenvalue weighted by Gasteiger charge is -2.38. The number of amides is 1. The summed E-state index contributed by atoms with van der Waals surface area (Å²) in [6.45, 7) is 4.37. The van der Waals surface area contributed by atoms with E-state index in [1.807, 2.05) is 30.3 Å². The smallest absolute Gasteiger partial charge is 0.217 e. The summed E-state index contributed by atoms with van der Waals surface area (Å²) >= 11 is 0. The quantitative estimate of drug-likeness (QED) is 0.148. The first-order chi connectivity index (χ1) is 23.0. The number of hydrogen-bond donors (Lipinski definition) is 2.